The molecular formula is C34H41ClFN5O3. The molecule has 1 fully saturated rings. The highest BCUT2D eigenvalue weighted by molar-refractivity contribution is 6.30. The first-order valence-corrected chi connectivity index (χ1v) is 15.5. The number of carbonyl (C=O) groups excluding carboxylic acids is 2. The zero-order valence-corrected chi connectivity index (χ0v) is 27.1. The average Bonchev–Trinajstić information content (AvgIpc) is 3.24. The fraction of sp³-hybridized carbons (Fsp3) is 0.471. The van der Waals surface area contributed by atoms with Gasteiger partial charge in [0.05, 0.1) is 24.1 Å². The zero-order valence-electron chi connectivity index (χ0n) is 26.4. The van der Waals surface area contributed by atoms with Crippen LogP contribution in [0, 0.1) is 11.7 Å². The van der Waals surface area contributed by atoms with E-state index in [0.717, 1.165) is 41.4 Å². The minimum absolute atomic E-state index is 0.100. The summed E-state index contributed by atoms with van der Waals surface area (Å²) in [5.74, 6) is 1.21. The number of hydrogen-bond acceptors (Lipinski definition) is 7. The number of hydrogen-bond donors (Lipinski definition) is 0. The predicted molar refractivity (Wildman–Crippen MR) is 171 cm³/mol. The largest absolute Gasteiger partial charge is 0.469 e. The standard InChI is InChI=1S/C34H41ClFN5O3/c1-22(2)19-40-21-34(5,17-23-7-10-26(35)27(36)15-23)25-9-11-28(38-31(25)40)32(43)41-14-13-39(20-33(41,3)4)29-12-8-24(18-37-29)16-30(42)44-6/h7-12,15,18,22H,13-14,16-17,19-21H2,1-6H3. The molecule has 3 aromatic rings. The quantitative estimate of drug-likeness (QED) is 0.299. The van der Waals surface area contributed by atoms with Crippen LogP contribution in [-0.4, -0.2) is 72.1 Å². The topological polar surface area (TPSA) is 78.9 Å². The van der Waals surface area contributed by atoms with Gasteiger partial charge in [-0.1, -0.05) is 50.6 Å². The number of benzene rings is 1. The van der Waals surface area contributed by atoms with Crippen LogP contribution in [0.2, 0.25) is 5.02 Å². The van der Waals surface area contributed by atoms with Crippen LogP contribution >= 0.6 is 11.6 Å². The lowest BCUT2D eigenvalue weighted by atomic mass is 9.79. The number of piperazine rings is 1. The first-order valence-electron chi connectivity index (χ1n) is 15.1. The lowest BCUT2D eigenvalue weighted by molar-refractivity contribution is -0.139. The summed E-state index contributed by atoms with van der Waals surface area (Å²) in [4.78, 5) is 41.5. The number of ether oxygens (including phenoxy) is 1. The first-order chi connectivity index (χ1) is 20.8. The summed E-state index contributed by atoms with van der Waals surface area (Å²) in [5, 5.41) is 0.116. The maximum absolute atomic E-state index is 14.3. The molecule has 5 rings (SSSR count). The van der Waals surface area contributed by atoms with Gasteiger partial charge in [0.2, 0.25) is 0 Å². The summed E-state index contributed by atoms with van der Waals surface area (Å²) in [6.07, 6.45) is 2.51. The molecule has 0 radical (unpaired) electrons. The number of nitrogens with zero attached hydrogens (tertiary/aromatic N) is 5. The van der Waals surface area contributed by atoms with Crippen molar-refractivity contribution >= 4 is 35.1 Å². The van der Waals surface area contributed by atoms with E-state index in [9.17, 15) is 14.0 Å². The monoisotopic (exact) mass is 621 g/mol. The third kappa shape index (κ3) is 6.53. The highest BCUT2D eigenvalue weighted by Crippen LogP contribution is 2.42. The fourth-order valence-corrected chi connectivity index (χ4v) is 6.63. The molecule has 1 aromatic carbocycles. The summed E-state index contributed by atoms with van der Waals surface area (Å²) in [6, 6.07) is 12.7. The number of pyridine rings is 2. The van der Waals surface area contributed by atoms with Crippen LogP contribution in [0.3, 0.4) is 0 Å². The number of fused-ring (bicyclic) bond motifs is 1. The van der Waals surface area contributed by atoms with Crippen LogP contribution in [0.5, 0.6) is 0 Å². The predicted octanol–water partition coefficient (Wildman–Crippen LogP) is 5.70. The van der Waals surface area contributed by atoms with Crippen molar-refractivity contribution in [3.8, 4) is 0 Å². The van der Waals surface area contributed by atoms with Gasteiger partial charge in [0.15, 0.2) is 0 Å². The summed E-state index contributed by atoms with van der Waals surface area (Å²) < 4.78 is 19.0. The number of halogens is 2. The van der Waals surface area contributed by atoms with Gasteiger partial charge >= 0.3 is 5.97 Å². The van der Waals surface area contributed by atoms with Crippen molar-refractivity contribution in [2.24, 2.45) is 5.92 Å². The lowest BCUT2D eigenvalue weighted by Gasteiger charge is -2.47. The molecular weight excluding hydrogens is 581 g/mol. The Bertz CT molecular complexity index is 1550. The molecule has 44 heavy (non-hydrogen) atoms. The summed E-state index contributed by atoms with van der Waals surface area (Å²) in [5.41, 5.74) is 2.37. The van der Waals surface area contributed by atoms with Gasteiger partial charge in [0.1, 0.15) is 23.1 Å². The van der Waals surface area contributed by atoms with E-state index in [1.807, 2.05) is 35.2 Å². The molecule has 8 nitrogen and oxygen atoms in total. The van der Waals surface area contributed by atoms with Crippen molar-refractivity contribution in [2.75, 3.05) is 49.6 Å². The van der Waals surface area contributed by atoms with Crippen LogP contribution in [0.25, 0.3) is 0 Å². The third-order valence-corrected chi connectivity index (χ3v) is 8.91. The van der Waals surface area contributed by atoms with Crippen LogP contribution < -0.4 is 9.80 Å². The van der Waals surface area contributed by atoms with Gasteiger partial charge in [0.25, 0.3) is 5.91 Å². The van der Waals surface area contributed by atoms with Gasteiger partial charge in [-0.25, -0.2) is 14.4 Å². The Morgan fingerprint density at radius 2 is 1.80 bits per heavy atom. The first kappa shape index (κ1) is 31.7. The highest BCUT2D eigenvalue weighted by atomic mass is 35.5. The van der Waals surface area contributed by atoms with Gasteiger partial charge in [-0.15, -0.1) is 0 Å². The van der Waals surface area contributed by atoms with Gasteiger partial charge in [0, 0.05) is 49.9 Å². The highest BCUT2D eigenvalue weighted by Gasteiger charge is 2.42. The van der Waals surface area contributed by atoms with Gasteiger partial charge < -0.3 is 19.4 Å². The summed E-state index contributed by atoms with van der Waals surface area (Å²) >= 11 is 5.94. The molecule has 1 unspecified atom stereocenters. The smallest absolute Gasteiger partial charge is 0.310 e. The Hall–Kier alpha value is -3.72. The molecule has 1 amide bonds. The second-order valence-electron chi connectivity index (χ2n) is 13.3. The van der Waals surface area contributed by atoms with E-state index in [-0.39, 0.29) is 28.7 Å². The summed E-state index contributed by atoms with van der Waals surface area (Å²) in [6.45, 7) is 13.9. The Balaban J connectivity index is 1.35. The van der Waals surface area contributed by atoms with Crippen molar-refractivity contribution in [3.05, 3.63) is 81.9 Å². The molecule has 0 N–H and O–H groups in total. The van der Waals surface area contributed by atoms with Crippen LogP contribution in [0.15, 0.2) is 48.7 Å². The van der Waals surface area contributed by atoms with E-state index < -0.39 is 11.4 Å². The van der Waals surface area contributed by atoms with E-state index >= 15 is 0 Å². The molecule has 1 atom stereocenters. The Labute approximate surface area is 264 Å². The van der Waals surface area contributed by atoms with Crippen molar-refractivity contribution in [2.45, 2.75) is 58.4 Å². The van der Waals surface area contributed by atoms with Crippen molar-refractivity contribution in [1.82, 2.24) is 14.9 Å². The Kier molecular flexibility index (Phi) is 8.89. The number of amides is 1. The molecule has 0 saturated carbocycles. The number of esters is 1. The molecule has 234 valence electrons. The maximum atomic E-state index is 14.3. The van der Waals surface area contributed by atoms with E-state index in [0.29, 0.717) is 37.7 Å². The Morgan fingerprint density at radius 1 is 1.05 bits per heavy atom. The van der Waals surface area contributed by atoms with Gasteiger partial charge in [-0.2, -0.15) is 0 Å². The average molecular weight is 622 g/mol. The number of rotatable bonds is 8. The maximum Gasteiger partial charge on any atom is 0.310 e. The molecule has 0 aliphatic carbocycles. The minimum atomic E-state index is -0.479. The molecule has 10 heteroatoms. The number of methoxy groups -OCH3 is 1. The van der Waals surface area contributed by atoms with Crippen LogP contribution in [-0.2, 0) is 27.8 Å². The van der Waals surface area contributed by atoms with Crippen molar-refractivity contribution in [1.29, 1.82) is 0 Å². The van der Waals surface area contributed by atoms with Gasteiger partial charge in [-0.05, 0) is 61.6 Å². The van der Waals surface area contributed by atoms with E-state index in [1.165, 1.54) is 13.2 Å². The normalized spacial score (nSPS) is 19.3. The van der Waals surface area contributed by atoms with E-state index in [4.69, 9.17) is 21.3 Å². The zero-order chi connectivity index (χ0) is 31.8. The minimum Gasteiger partial charge on any atom is -0.469 e. The lowest BCUT2D eigenvalue weighted by Crippen LogP contribution is -2.61. The molecule has 0 spiro atoms. The number of carbonyl (C=O) groups is 2. The SMILES string of the molecule is COC(=O)Cc1ccc(N2CCN(C(=O)c3ccc4c(n3)N(CC(C)C)CC4(C)Cc3ccc(Cl)c(F)c3)C(C)(C)C2)nc1. The molecule has 2 aliphatic heterocycles. The number of anilines is 2. The number of aromatic nitrogens is 2. The van der Waals surface area contributed by atoms with E-state index in [1.54, 1.807) is 12.3 Å². The van der Waals surface area contributed by atoms with E-state index in [2.05, 4.69) is 49.4 Å². The molecule has 2 aromatic heterocycles. The van der Waals surface area contributed by atoms with Crippen LogP contribution in [0.4, 0.5) is 16.0 Å². The molecule has 4 heterocycles. The fourth-order valence-electron chi connectivity index (χ4n) is 6.52. The molecule has 0 bridgehead atoms. The Morgan fingerprint density at radius 3 is 2.43 bits per heavy atom. The second-order valence-corrected chi connectivity index (χ2v) is 13.7. The van der Waals surface area contributed by atoms with Crippen molar-refractivity contribution in [3.63, 3.8) is 0 Å². The van der Waals surface area contributed by atoms with Crippen molar-refractivity contribution < 1.29 is 18.7 Å². The molecule has 1 saturated heterocycles. The van der Waals surface area contributed by atoms with Crippen LogP contribution in [0.1, 0.15) is 61.8 Å². The molecule has 2 aliphatic rings. The second kappa shape index (κ2) is 12.3. The van der Waals surface area contributed by atoms with Gasteiger partial charge in [-0.3, -0.25) is 9.59 Å². The third-order valence-electron chi connectivity index (χ3n) is 8.60. The summed E-state index contributed by atoms with van der Waals surface area (Å²) in [7, 11) is 1.37.